The molecule has 0 saturated heterocycles. The first-order valence-electron chi connectivity index (χ1n) is 5.72. The van der Waals surface area contributed by atoms with E-state index in [1.54, 1.807) is 12.1 Å². The molecule has 2 aromatic heterocycles. The third kappa shape index (κ3) is 1.72. The molecule has 0 atom stereocenters. The molecule has 0 unspecified atom stereocenters. The third-order valence-electron chi connectivity index (χ3n) is 3.18. The van der Waals surface area contributed by atoms with Crippen molar-refractivity contribution in [1.82, 2.24) is 20.3 Å². The summed E-state index contributed by atoms with van der Waals surface area (Å²) in [5, 5.41) is 11.7. The van der Waals surface area contributed by atoms with E-state index in [2.05, 4.69) is 20.3 Å². The smallest absolute Gasteiger partial charge is 0.247 e. The maximum absolute atomic E-state index is 6.11. The van der Waals surface area contributed by atoms with Crippen molar-refractivity contribution < 1.29 is 9.26 Å². The molecule has 0 aliphatic heterocycles. The lowest BCUT2D eigenvalue weighted by Crippen LogP contribution is -2.43. The first-order chi connectivity index (χ1) is 8.71. The molecule has 18 heavy (non-hydrogen) atoms. The molecule has 7 nitrogen and oxygen atoms in total. The Hall–Kier alpha value is -2.02. The van der Waals surface area contributed by atoms with E-state index in [1.807, 2.05) is 0 Å². The SMILES string of the molecule is COc1ccc(-c2noc(C3(N)CCC3)n2)nn1. The Kier molecular flexibility index (Phi) is 2.48. The van der Waals surface area contributed by atoms with Gasteiger partial charge in [-0.25, -0.2) is 0 Å². The molecule has 1 fully saturated rings. The molecule has 1 aliphatic rings. The van der Waals surface area contributed by atoms with Gasteiger partial charge in [-0.1, -0.05) is 5.16 Å². The standard InChI is InChI=1S/C11H13N5O2/c1-17-8-4-3-7(14-15-8)9-13-10(18-16-9)11(12)5-2-6-11/h3-4H,2,5-6,12H2,1H3. The number of hydrogen-bond donors (Lipinski definition) is 1. The minimum atomic E-state index is -0.453. The van der Waals surface area contributed by atoms with Gasteiger partial charge in [0.15, 0.2) is 0 Å². The van der Waals surface area contributed by atoms with Gasteiger partial charge in [-0.05, 0) is 25.3 Å². The molecule has 2 N–H and O–H groups in total. The molecule has 1 saturated carbocycles. The van der Waals surface area contributed by atoms with E-state index in [9.17, 15) is 0 Å². The monoisotopic (exact) mass is 247 g/mol. The van der Waals surface area contributed by atoms with Crippen LogP contribution >= 0.6 is 0 Å². The summed E-state index contributed by atoms with van der Waals surface area (Å²) < 4.78 is 10.1. The van der Waals surface area contributed by atoms with Gasteiger partial charge in [0.05, 0.1) is 12.6 Å². The minimum Gasteiger partial charge on any atom is -0.480 e. The number of aromatic nitrogens is 4. The Balaban J connectivity index is 1.88. The van der Waals surface area contributed by atoms with E-state index >= 15 is 0 Å². The predicted molar refractivity (Wildman–Crippen MR) is 61.6 cm³/mol. The Bertz CT molecular complexity index is 547. The van der Waals surface area contributed by atoms with E-state index in [1.165, 1.54) is 7.11 Å². The fourth-order valence-corrected chi connectivity index (χ4v) is 1.85. The summed E-state index contributed by atoms with van der Waals surface area (Å²) in [5.41, 5.74) is 6.19. The van der Waals surface area contributed by atoms with Crippen molar-refractivity contribution >= 4 is 0 Å². The Morgan fingerprint density at radius 1 is 1.33 bits per heavy atom. The lowest BCUT2D eigenvalue weighted by atomic mass is 9.78. The summed E-state index contributed by atoms with van der Waals surface area (Å²) in [6.07, 6.45) is 2.85. The average Bonchev–Trinajstić information content (AvgIpc) is 2.86. The van der Waals surface area contributed by atoms with E-state index in [0.29, 0.717) is 23.3 Å². The molecule has 7 heteroatoms. The van der Waals surface area contributed by atoms with Crippen molar-refractivity contribution in [3.8, 4) is 17.4 Å². The molecule has 0 bridgehead atoms. The summed E-state index contributed by atoms with van der Waals surface area (Å²) in [6.45, 7) is 0. The highest BCUT2D eigenvalue weighted by Gasteiger charge is 2.40. The van der Waals surface area contributed by atoms with Crippen LogP contribution in [0.2, 0.25) is 0 Å². The largest absolute Gasteiger partial charge is 0.480 e. The average molecular weight is 247 g/mol. The van der Waals surface area contributed by atoms with Crippen molar-refractivity contribution in [1.29, 1.82) is 0 Å². The van der Waals surface area contributed by atoms with Crippen LogP contribution in [0.3, 0.4) is 0 Å². The van der Waals surface area contributed by atoms with Crippen molar-refractivity contribution in [3.05, 3.63) is 18.0 Å². The normalized spacial score (nSPS) is 17.2. The summed E-state index contributed by atoms with van der Waals surface area (Å²) in [7, 11) is 1.53. The third-order valence-corrected chi connectivity index (χ3v) is 3.18. The van der Waals surface area contributed by atoms with Gasteiger partial charge in [0.2, 0.25) is 17.6 Å². The molecule has 0 spiro atoms. The van der Waals surface area contributed by atoms with E-state index in [0.717, 1.165) is 19.3 Å². The van der Waals surface area contributed by atoms with E-state index in [4.69, 9.17) is 15.0 Å². The summed E-state index contributed by atoms with van der Waals surface area (Å²) >= 11 is 0. The predicted octanol–water partition coefficient (Wildman–Crippen LogP) is 0.873. The quantitative estimate of drug-likeness (QED) is 0.858. The molecule has 0 radical (unpaired) electrons. The topological polar surface area (TPSA) is 100.0 Å². The Labute approximate surface area is 103 Å². The van der Waals surface area contributed by atoms with Crippen LogP contribution in [0.15, 0.2) is 16.7 Å². The van der Waals surface area contributed by atoms with Crippen LogP contribution in [0, 0.1) is 0 Å². The molecule has 94 valence electrons. The van der Waals surface area contributed by atoms with Crippen molar-refractivity contribution in [3.63, 3.8) is 0 Å². The van der Waals surface area contributed by atoms with Crippen LogP contribution in [0.4, 0.5) is 0 Å². The molecular formula is C11H13N5O2. The summed E-state index contributed by atoms with van der Waals surface area (Å²) in [4.78, 5) is 4.28. The lowest BCUT2D eigenvalue weighted by molar-refractivity contribution is 0.181. The fourth-order valence-electron chi connectivity index (χ4n) is 1.85. The Morgan fingerprint density at radius 3 is 2.72 bits per heavy atom. The second-order valence-corrected chi connectivity index (χ2v) is 4.39. The number of nitrogens with zero attached hydrogens (tertiary/aromatic N) is 4. The van der Waals surface area contributed by atoms with Gasteiger partial charge in [0, 0.05) is 6.07 Å². The van der Waals surface area contributed by atoms with Crippen molar-refractivity contribution in [2.45, 2.75) is 24.8 Å². The van der Waals surface area contributed by atoms with Crippen molar-refractivity contribution in [2.75, 3.05) is 7.11 Å². The van der Waals surface area contributed by atoms with Crippen LogP contribution in [0.25, 0.3) is 11.5 Å². The second kappa shape index (κ2) is 4.02. The summed E-state index contributed by atoms with van der Waals surface area (Å²) in [5.74, 6) is 1.31. The molecule has 0 aromatic carbocycles. The van der Waals surface area contributed by atoms with Crippen LogP contribution in [-0.2, 0) is 5.54 Å². The van der Waals surface area contributed by atoms with Crippen LogP contribution in [0.5, 0.6) is 5.88 Å². The molecule has 2 heterocycles. The highest BCUT2D eigenvalue weighted by atomic mass is 16.5. The second-order valence-electron chi connectivity index (χ2n) is 4.39. The molecular weight excluding hydrogens is 234 g/mol. The molecule has 0 amide bonds. The molecule has 1 aliphatic carbocycles. The van der Waals surface area contributed by atoms with Crippen LogP contribution in [0.1, 0.15) is 25.2 Å². The lowest BCUT2D eigenvalue weighted by Gasteiger charge is -2.33. The first kappa shape index (κ1) is 11.1. The number of hydrogen-bond acceptors (Lipinski definition) is 7. The van der Waals surface area contributed by atoms with Crippen LogP contribution < -0.4 is 10.5 Å². The maximum Gasteiger partial charge on any atom is 0.247 e. The number of ether oxygens (including phenoxy) is 1. The number of methoxy groups -OCH3 is 1. The minimum absolute atomic E-state index is 0.400. The van der Waals surface area contributed by atoms with E-state index < -0.39 is 5.54 Å². The zero-order valence-electron chi connectivity index (χ0n) is 9.96. The zero-order chi connectivity index (χ0) is 12.6. The van der Waals surface area contributed by atoms with Gasteiger partial charge >= 0.3 is 0 Å². The number of rotatable bonds is 3. The van der Waals surface area contributed by atoms with Gasteiger partial charge in [0.25, 0.3) is 0 Å². The highest BCUT2D eigenvalue weighted by molar-refractivity contribution is 5.47. The van der Waals surface area contributed by atoms with Crippen LogP contribution in [-0.4, -0.2) is 27.4 Å². The molecule has 2 aromatic rings. The fraction of sp³-hybridized carbons (Fsp3) is 0.455. The first-order valence-corrected chi connectivity index (χ1v) is 5.72. The number of nitrogens with two attached hydrogens (primary N) is 1. The summed E-state index contributed by atoms with van der Waals surface area (Å²) in [6, 6.07) is 3.42. The van der Waals surface area contributed by atoms with Gasteiger partial charge in [-0.2, -0.15) is 4.98 Å². The van der Waals surface area contributed by atoms with Gasteiger partial charge in [-0.15, -0.1) is 10.2 Å². The van der Waals surface area contributed by atoms with E-state index in [-0.39, 0.29) is 0 Å². The van der Waals surface area contributed by atoms with Gasteiger partial charge in [0.1, 0.15) is 5.69 Å². The Morgan fingerprint density at radius 2 is 2.17 bits per heavy atom. The zero-order valence-corrected chi connectivity index (χ0v) is 9.96. The highest BCUT2D eigenvalue weighted by Crippen LogP contribution is 2.38. The molecule has 3 rings (SSSR count). The van der Waals surface area contributed by atoms with Gasteiger partial charge in [-0.3, -0.25) is 0 Å². The maximum atomic E-state index is 6.11. The van der Waals surface area contributed by atoms with Gasteiger partial charge < -0.3 is 15.0 Å². The van der Waals surface area contributed by atoms with Crippen molar-refractivity contribution in [2.24, 2.45) is 5.73 Å².